The highest BCUT2D eigenvalue weighted by Gasteiger charge is 2.37. The Bertz CT molecular complexity index is 573. The van der Waals surface area contributed by atoms with Gasteiger partial charge in [0, 0.05) is 37.7 Å². The lowest BCUT2D eigenvalue weighted by molar-refractivity contribution is -0.130. The number of hydrogen-bond acceptors (Lipinski definition) is 4. The first-order valence-electron chi connectivity index (χ1n) is 6.73. The third-order valence-electron chi connectivity index (χ3n) is 4.06. The van der Waals surface area contributed by atoms with Crippen molar-refractivity contribution in [2.75, 3.05) is 25.4 Å². The molecule has 1 unspecified atom stereocenters. The van der Waals surface area contributed by atoms with E-state index in [1.807, 2.05) is 4.90 Å². The molecule has 0 aliphatic carbocycles. The number of fused-ring (bicyclic) bond motifs is 1. The summed E-state index contributed by atoms with van der Waals surface area (Å²) in [5, 5.41) is 9.58. The fourth-order valence-electron chi connectivity index (χ4n) is 2.91. The number of carbonyl (C=O) groups excluding carboxylic acids is 2. The minimum atomic E-state index is -0.126. The summed E-state index contributed by atoms with van der Waals surface area (Å²) in [4.78, 5) is 27.6. The maximum atomic E-state index is 12.4. The summed E-state index contributed by atoms with van der Waals surface area (Å²) in [5.41, 5.74) is 6.22. The van der Waals surface area contributed by atoms with Gasteiger partial charge in [0.2, 0.25) is 5.91 Å². The zero-order valence-corrected chi connectivity index (χ0v) is 11.1. The normalized spacial score (nSPS) is 22.0. The zero-order valence-electron chi connectivity index (χ0n) is 11.1. The van der Waals surface area contributed by atoms with Gasteiger partial charge in [-0.15, -0.1) is 0 Å². The lowest BCUT2D eigenvalue weighted by Gasteiger charge is -2.37. The lowest BCUT2D eigenvalue weighted by Crippen LogP contribution is -2.53. The van der Waals surface area contributed by atoms with Gasteiger partial charge in [-0.3, -0.25) is 9.59 Å². The summed E-state index contributed by atoms with van der Waals surface area (Å²) in [7, 11) is 0. The van der Waals surface area contributed by atoms with Crippen molar-refractivity contribution in [3.05, 3.63) is 23.8 Å². The summed E-state index contributed by atoms with van der Waals surface area (Å²) in [6.45, 7) is 1.69. The fraction of sp³-hybridized carbons (Fsp3) is 0.429. The first-order valence-corrected chi connectivity index (χ1v) is 6.73. The van der Waals surface area contributed by atoms with Crippen LogP contribution in [-0.4, -0.2) is 52.4 Å². The van der Waals surface area contributed by atoms with E-state index in [2.05, 4.69) is 0 Å². The first kappa shape index (κ1) is 12.8. The number of benzene rings is 1. The standard InChI is InChI=1S/C14H17N3O3/c15-11-3-1-9(7-12(11)18)14(20)16-5-6-17-10(8-16)2-4-13(17)19/h1,3,7,10,18H,2,4-6,8,15H2. The van der Waals surface area contributed by atoms with Gasteiger partial charge in [-0.25, -0.2) is 0 Å². The summed E-state index contributed by atoms with van der Waals surface area (Å²) in [6, 6.07) is 4.67. The summed E-state index contributed by atoms with van der Waals surface area (Å²) >= 11 is 0. The SMILES string of the molecule is Nc1ccc(C(=O)N2CCN3C(=O)CCC3C2)cc1O. The molecule has 106 valence electrons. The maximum absolute atomic E-state index is 12.4. The van der Waals surface area contributed by atoms with Gasteiger partial charge in [0.15, 0.2) is 0 Å². The molecule has 20 heavy (non-hydrogen) atoms. The molecule has 3 N–H and O–H groups in total. The number of nitrogen functional groups attached to an aromatic ring is 1. The summed E-state index contributed by atoms with van der Waals surface area (Å²) in [6.07, 6.45) is 1.39. The van der Waals surface area contributed by atoms with E-state index in [-0.39, 0.29) is 29.3 Å². The van der Waals surface area contributed by atoms with E-state index >= 15 is 0 Å². The minimum absolute atomic E-state index is 0.0782. The van der Waals surface area contributed by atoms with Crippen molar-refractivity contribution in [1.29, 1.82) is 0 Å². The Balaban J connectivity index is 1.75. The van der Waals surface area contributed by atoms with Crippen LogP contribution in [0.2, 0.25) is 0 Å². The second-order valence-corrected chi connectivity index (χ2v) is 5.30. The van der Waals surface area contributed by atoms with Crippen molar-refractivity contribution < 1.29 is 14.7 Å². The van der Waals surface area contributed by atoms with E-state index in [1.54, 1.807) is 11.0 Å². The van der Waals surface area contributed by atoms with Crippen LogP contribution in [-0.2, 0) is 4.79 Å². The van der Waals surface area contributed by atoms with Crippen LogP contribution in [0.3, 0.4) is 0 Å². The third kappa shape index (κ3) is 2.07. The molecule has 0 spiro atoms. The van der Waals surface area contributed by atoms with Crippen LogP contribution in [0.15, 0.2) is 18.2 Å². The molecule has 1 aromatic carbocycles. The summed E-state index contributed by atoms with van der Waals surface area (Å²) in [5.74, 6) is -0.0166. The van der Waals surface area contributed by atoms with Crippen molar-refractivity contribution in [2.24, 2.45) is 0 Å². The molecule has 1 aromatic rings. The van der Waals surface area contributed by atoms with Crippen LogP contribution >= 0.6 is 0 Å². The number of carbonyl (C=O) groups is 2. The van der Waals surface area contributed by atoms with E-state index in [0.29, 0.717) is 31.6 Å². The van der Waals surface area contributed by atoms with Crippen LogP contribution in [0, 0.1) is 0 Å². The lowest BCUT2D eigenvalue weighted by atomic mass is 10.1. The maximum Gasteiger partial charge on any atom is 0.254 e. The monoisotopic (exact) mass is 275 g/mol. The van der Waals surface area contributed by atoms with E-state index in [4.69, 9.17) is 5.73 Å². The Hall–Kier alpha value is -2.24. The molecule has 3 rings (SSSR count). The number of aromatic hydroxyl groups is 1. The predicted molar refractivity (Wildman–Crippen MR) is 73.2 cm³/mol. The molecular weight excluding hydrogens is 258 g/mol. The zero-order chi connectivity index (χ0) is 14.3. The number of nitrogens with zero attached hydrogens (tertiary/aromatic N) is 2. The third-order valence-corrected chi connectivity index (χ3v) is 4.06. The highest BCUT2D eigenvalue weighted by Crippen LogP contribution is 2.25. The second-order valence-electron chi connectivity index (χ2n) is 5.30. The molecule has 6 nitrogen and oxygen atoms in total. The number of nitrogens with two attached hydrogens (primary N) is 1. The average molecular weight is 275 g/mol. The Morgan fingerprint density at radius 1 is 1.35 bits per heavy atom. The molecule has 2 amide bonds. The fourth-order valence-corrected chi connectivity index (χ4v) is 2.91. The Morgan fingerprint density at radius 3 is 2.90 bits per heavy atom. The Labute approximate surface area is 116 Å². The highest BCUT2D eigenvalue weighted by atomic mass is 16.3. The van der Waals surface area contributed by atoms with E-state index in [9.17, 15) is 14.7 Å². The number of phenolic OH excluding ortho intramolecular Hbond substituents is 1. The smallest absolute Gasteiger partial charge is 0.254 e. The number of rotatable bonds is 1. The number of anilines is 1. The second kappa shape index (κ2) is 4.70. The largest absolute Gasteiger partial charge is 0.506 e. The van der Waals surface area contributed by atoms with Gasteiger partial charge in [-0.1, -0.05) is 0 Å². The van der Waals surface area contributed by atoms with E-state index < -0.39 is 0 Å². The van der Waals surface area contributed by atoms with Gasteiger partial charge < -0.3 is 20.6 Å². The topological polar surface area (TPSA) is 86.9 Å². The minimum Gasteiger partial charge on any atom is -0.506 e. The van der Waals surface area contributed by atoms with E-state index in [0.717, 1.165) is 6.42 Å². The molecule has 2 aliphatic heterocycles. The number of phenols is 1. The Kier molecular flexibility index (Phi) is 3.00. The molecule has 2 fully saturated rings. The molecule has 2 aliphatic rings. The van der Waals surface area contributed by atoms with Crippen molar-refractivity contribution in [1.82, 2.24) is 9.80 Å². The van der Waals surface area contributed by atoms with Gasteiger partial charge in [-0.2, -0.15) is 0 Å². The molecule has 0 bridgehead atoms. The number of amides is 2. The van der Waals surface area contributed by atoms with Crippen molar-refractivity contribution in [2.45, 2.75) is 18.9 Å². The van der Waals surface area contributed by atoms with Gasteiger partial charge in [0.05, 0.1) is 5.69 Å². The quantitative estimate of drug-likeness (QED) is 0.574. The summed E-state index contributed by atoms with van der Waals surface area (Å²) < 4.78 is 0. The van der Waals surface area contributed by atoms with Crippen LogP contribution in [0.25, 0.3) is 0 Å². The molecule has 0 aromatic heterocycles. The average Bonchev–Trinajstić information content (AvgIpc) is 2.82. The van der Waals surface area contributed by atoms with Gasteiger partial charge >= 0.3 is 0 Å². The molecule has 1 atom stereocenters. The van der Waals surface area contributed by atoms with Gasteiger partial charge in [0.25, 0.3) is 5.91 Å². The molecule has 0 radical (unpaired) electrons. The highest BCUT2D eigenvalue weighted by molar-refractivity contribution is 5.95. The van der Waals surface area contributed by atoms with Crippen LogP contribution in [0.4, 0.5) is 5.69 Å². The molecular formula is C14H17N3O3. The molecule has 0 saturated carbocycles. The van der Waals surface area contributed by atoms with Crippen molar-refractivity contribution in [3.8, 4) is 5.75 Å². The molecule has 6 heteroatoms. The first-order chi connectivity index (χ1) is 9.56. The van der Waals surface area contributed by atoms with Gasteiger partial charge in [0.1, 0.15) is 5.75 Å². The van der Waals surface area contributed by atoms with Crippen LogP contribution in [0.5, 0.6) is 5.75 Å². The predicted octanol–water partition coefficient (Wildman–Crippen LogP) is 0.421. The van der Waals surface area contributed by atoms with Crippen LogP contribution in [0.1, 0.15) is 23.2 Å². The van der Waals surface area contributed by atoms with Crippen molar-refractivity contribution in [3.63, 3.8) is 0 Å². The number of piperazine rings is 1. The van der Waals surface area contributed by atoms with Crippen LogP contribution < -0.4 is 5.73 Å². The van der Waals surface area contributed by atoms with Gasteiger partial charge in [-0.05, 0) is 24.6 Å². The Morgan fingerprint density at radius 2 is 2.15 bits per heavy atom. The van der Waals surface area contributed by atoms with Crippen molar-refractivity contribution >= 4 is 17.5 Å². The molecule has 2 saturated heterocycles. The number of hydrogen-bond donors (Lipinski definition) is 2. The van der Waals surface area contributed by atoms with E-state index in [1.165, 1.54) is 12.1 Å². The molecule has 2 heterocycles.